The Morgan fingerprint density at radius 1 is 1.22 bits per heavy atom. The van der Waals surface area contributed by atoms with Crippen molar-refractivity contribution in [3.8, 4) is 11.1 Å². The van der Waals surface area contributed by atoms with Gasteiger partial charge in [-0.25, -0.2) is 9.78 Å². The molecule has 5 nitrogen and oxygen atoms in total. The molecule has 0 unspecified atom stereocenters. The molecule has 0 aromatic carbocycles. The Morgan fingerprint density at radius 2 is 1.87 bits per heavy atom. The van der Waals surface area contributed by atoms with Crippen LogP contribution in [0.25, 0.3) is 16.8 Å². The zero-order chi connectivity index (χ0) is 16.8. The van der Waals surface area contributed by atoms with Gasteiger partial charge in [-0.3, -0.25) is 9.38 Å². The zero-order valence-corrected chi connectivity index (χ0v) is 11.9. The van der Waals surface area contributed by atoms with Crippen LogP contribution in [0.15, 0.2) is 36.8 Å². The fraction of sp³-hybridized carbons (Fsp3) is 0.0714. The second-order valence-corrected chi connectivity index (χ2v) is 4.98. The third kappa shape index (κ3) is 2.61. The van der Waals surface area contributed by atoms with Crippen LogP contribution in [0.4, 0.5) is 13.2 Å². The number of carbonyl (C=O) groups is 1. The number of hydrogen-bond donors (Lipinski definition) is 1. The Labute approximate surface area is 132 Å². The average Bonchev–Trinajstić information content (AvgIpc) is 2.84. The van der Waals surface area contributed by atoms with E-state index in [2.05, 4.69) is 9.97 Å². The minimum atomic E-state index is -4.71. The Kier molecular flexibility index (Phi) is 3.48. The van der Waals surface area contributed by atoms with Gasteiger partial charge in [0.15, 0.2) is 11.3 Å². The topological polar surface area (TPSA) is 67.5 Å². The van der Waals surface area contributed by atoms with Crippen LogP contribution in [0.1, 0.15) is 16.1 Å². The molecule has 0 aliphatic rings. The first kappa shape index (κ1) is 15.3. The molecule has 9 heteroatoms. The SMILES string of the molecule is O=C(O)c1nc2c(C(F)(F)F)cc(-c3ccncc3)cn2c1Cl. The first-order chi connectivity index (χ1) is 10.8. The molecule has 0 fully saturated rings. The summed E-state index contributed by atoms with van der Waals surface area (Å²) >= 11 is 5.87. The van der Waals surface area contributed by atoms with E-state index < -0.39 is 34.2 Å². The molecule has 0 saturated heterocycles. The highest BCUT2D eigenvalue weighted by molar-refractivity contribution is 6.32. The van der Waals surface area contributed by atoms with E-state index >= 15 is 0 Å². The number of nitrogens with zero attached hydrogens (tertiary/aromatic N) is 3. The molecule has 0 aliphatic carbocycles. The van der Waals surface area contributed by atoms with Gasteiger partial charge in [0.25, 0.3) is 0 Å². The lowest BCUT2D eigenvalue weighted by atomic mass is 10.1. The van der Waals surface area contributed by atoms with Crippen LogP contribution >= 0.6 is 11.6 Å². The molecule has 3 aromatic rings. The van der Waals surface area contributed by atoms with Crippen molar-refractivity contribution in [2.24, 2.45) is 0 Å². The largest absolute Gasteiger partial charge is 0.476 e. The number of carboxylic acid groups (broad SMARTS) is 1. The van der Waals surface area contributed by atoms with Gasteiger partial charge in [0.1, 0.15) is 5.15 Å². The number of aromatic nitrogens is 3. The maximum absolute atomic E-state index is 13.3. The molecule has 0 spiro atoms. The second-order valence-electron chi connectivity index (χ2n) is 4.63. The van der Waals surface area contributed by atoms with Crippen LogP contribution in [0.3, 0.4) is 0 Å². The number of aromatic carboxylic acids is 1. The molecule has 0 aliphatic heterocycles. The van der Waals surface area contributed by atoms with Gasteiger partial charge in [-0.15, -0.1) is 0 Å². The Morgan fingerprint density at radius 3 is 2.43 bits per heavy atom. The predicted molar refractivity (Wildman–Crippen MR) is 75.4 cm³/mol. The molecule has 0 radical (unpaired) electrons. The molecule has 0 amide bonds. The summed E-state index contributed by atoms with van der Waals surface area (Å²) in [6, 6.07) is 3.97. The average molecular weight is 342 g/mol. The number of carboxylic acids is 1. The predicted octanol–water partition coefficient (Wildman–Crippen LogP) is 3.77. The van der Waals surface area contributed by atoms with Crippen LogP contribution in [0.5, 0.6) is 0 Å². The number of imidazole rings is 1. The lowest BCUT2D eigenvalue weighted by Gasteiger charge is -2.11. The molecule has 0 saturated carbocycles. The lowest BCUT2D eigenvalue weighted by Crippen LogP contribution is -2.08. The normalized spacial score (nSPS) is 11.8. The molecule has 0 atom stereocenters. The lowest BCUT2D eigenvalue weighted by molar-refractivity contribution is -0.136. The highest BCUT2D eigenvalue weighted by Gasteiger charge is 2.36. The van der Waals surface area contributed by atoms with Crippen LogP contribution in [-0.4, -0.2) is 25.4 Å². The number of hydrogen-bond acceptors (Lipinski definition) is 3. The summed E-state index contributed by atoms with van der Waals surface area (Å²) in [5.74, 6) is -1.50. The number of pyridine rings is 2. The summed E-state index contributed by atoms with van der Waals surface area (Å²) in [6.07, 6.45) is -0.535. The second kappa shape index (κ2) is 5.24. The van der Waals surface area contributed by atoms with Gasteiger partial charge in [0, 0.05) is 18.6 Å². The summed E-state index contributed by atoms with van der Waals surface area (Å²) in [5, 5.41) is 8.60. The molecule has 118 valence electrons. The molecular weight excluding hydrogens is 335 g/mol. The van der Waals surface area contributed by atoms with Crippen molar-refractivity contribution in [1.29, 1.82) is 0 Å². The first-order valence-corrected chi connectivity index (χ1v) is 6.59. The highest BCUT2D eigenvalue weighted by atomic mass is 35.5. The summed E-state index contributed by atoms with van der Waals surface area (Å²) in [5.41, 5.74) is -1.57. The van der Waals surface area contributed by atoms with E-state index in [-0.39, 0.29) is 5.56 Å². The van der Waals surface area contributed by atoms with E-state index in [1.807, 2.05) is 0 Å². The zero-order valence-electron chi connectivity index (χ0n) is 11.2. The number of alkyl halides is 3. The van der Waals surface area contributed by atoms with Gasteiger partial charge < -0.3 is 5.11 Å². The van der Waals surface area contributed by atoms with Crippen LogP contribution in [-0.2, 0) is 6.18 Å². The maximum Gasteiger partial charge on any atom is 0.420 e. The van der Waals surface area contributed by atoms with Crippen LogP contribution < -0.4 is 0 Å². The Balaban J connectivity index is 2.38. The van der Waals surface area contributed by atoms with Crippen LogP contribution in [0, 0.1) is 0 Å². The molecular formula is C14H7ClF3N3O2. The van der Waals surface area contributed by atoms with Crippen molar-refractivity contribution in [1.82, 2.24) is 14.4 Å². The minimum Gasteiger partial charge on any atom is -0.476 e. The molecule has 1 N–H and O–H groups in total. The van der Waals surface area contributed by atoms with Gasteiger partial charge in [-0.2, -0.15) is 13.2 Å². The highest BCUT2D eigenvalue weighted by Crippen LogP contribution is 2.36. The molecule has 23 heavy (non-hydrogen) atoms. The fourth-order valence-electron chi connectivity index (χ4n) is 2.16. The molecule has 3 aromatic heterocycles. The number of fused-ring (bicyclic) bond motifs is 1. The van der Waals surface area contributed by atoms with Crippen molar-refractivity contribution < 1.29 is 23.1 Å². The monoisotopic (exact) mass is 341 g/mol. The van der Waals surface area contributed by atoms with E-state index in [0.29, 0.717) is 5.56 Å². The standard InChI is InChI=1S/C14H7ClF3N3O2/c15-11-10(13(22)23)20-12-9(14(16,17)18)5-8(6-21(11)12)7-1-3-19-4-2-7/h1-6H,(H,22,23). The van der Waals surface area contributed by atoms with Crippen molar-refractivity contribution in [3.63, 3.8) is 0 Å². The third-order valence-electron chi connectivity index (χ3n) is 3.18. The molecule has 3 rings (SSSR count). The summed E-state index contributed by atoms with van der Waals surface area (Å²) < 4.78 is 40.8. The summed E-state index contributed by atoms with van der Waals surface area (Å²) in [4.78, 5) is 18.4. The van der Waals surface area contributed by atoms with Crippen molar-refractivity contribution >= 4 is 23.2 Å². The number of rotatable bonds is 2. The van der Waals surface area contributed by atoms with E-state index in [0.717, 1.165) is 10.5 Å². The van der Waals surface area contributed by atoms with Crippen molar-refractivity contribution in [2.45, 2.75) is 6.18 Å². The van der Waals surface area contributed by atoms with Gasteiger partial charge in [0.05, 0.1) is 5.56 Å². The maximum atomic E-state index is 13.3. The molecule has 3 heterocycles. The number of halogens is 4. The van der Waals surface area contributed by atoms with E-state index in [1.54, 1.807) is 0 Å². The third-order valence-corrected chi connectivity index (χ3v) is 3.54. The first-order valence-electron chi connectivity index (χ1n) is 6.21. The van der Waals surface area contributed by atoms with Gasteiger partial charge in [-0.1, -0.05) is 11.6 Å². The smallest absolute Gasteiger partial charge is 0.420 e. The van der Waals surface area contributed by atoms with Gasteiger partial charge >= 0.3 is 12.1 Å². The van der Waals surface area contributed by atoms with Gasteiger partial charge in [-0.05, 0) is 29.3 Å². The van der Waals surface area contributed by atoms with E-state index in [9.17, 15) is 18.0 Å². The summed E-state index contributed by atoms with van der Waals surface area (Å²) in [6.45, 7) is 0. The van der Waals surface area contributed by atoms with E-state index in [1.165, 1.54) is 30.7 Å². The van der Waals surface area contributed by atoms with Gasteiger partial charge in [0.2, 0.25) is 0 Å². The van der Waals surface area contributed by atoms with E-state index in [4.69, 9.17) is 16.7 Å². The summed E-state index contributed by atoms with van der Waals surface area (Å²) in [7, 11) is 0. The van der Waals surface area contributed by atoms with Crippen LogP contribution in [0.2, 0.25) is 5.15 Å². The Bertz CT molecular complexity index is 907. The van der Waals surface area contributed by atoms with Crippen molar-refractivity contribution in [3.05, 3.63) is 53.2 Å². The quantitative estimate of drug-likeness (QED) is 0.770. The Hall–Kier alpha value is -2.61. The fourth-order valence-corrected chi connectivity index (χ4v) is 2.42. The molecule has 0 bridgehead atoms. The van der Waals surface area contributed by atoms with Crippen molar-refractivity contribution in [2.75, 3.05) is 0 Å². The minimum absolute atomic E-state index is 0.212.